The van der Waals surface area contributed by atoms with Crippen LogP contribution in [-0.4, -0.2) is 44.7 Å². The van der Waals surface area contributed by atoms with Crippen LogP contribution in [0.15, 0.2) is 47.1 Å². The maximum atomic E-state index is 12.2. The molecule has 2 aromatic rings. The second kappa shape index (κ2) is 8.76. The van der Waals surface area contributed by atoms with Gasteiger partial charge in [0.25, 0.3) is 0 Å². The molecule has 1 atom stereocenters. The van der Waals surface area contributed by atoms with Crippen molar-refractivity contribution < 1.29 is 9.21 Å². The van der Waals surface area contributed by atoms with Gasteiger partial charge in [0.1, 0.15) is 5.76 Å². The third-order valence-corrected chi connectivity index (χ3v) is 4.81. The zero-order valence-electron chi connectivity index (χ0n) is 15.6. The molecule has 0 bridgehead atoms. The molecule has 140 valence electrons. The van der Waals surface area contributed by atoms with Gasteiger partial charge in [0, 0.05) is 32.9 Å². The van der Waals surface area contributed by atoms with E-state index in [4.69, 9.17) is 4.42 Å². The number of nitrogens with zero attached hydrogens (tertiary/aromatic N) is 2. The van der Waals surface area contributed by atoms with Crippen LogP contribution in [0.4, 0.5) is 10.5 Å². The number of anilines is 1. The number of nitrogens with one attached hydrogen (secondary N) is 2. The van der Waals surface area contributed by atoms with Crippen molar-refractivity contribution in [3.05, 3.63) is 54.0 Å². The lowest BCUT2D eigenvalue weighted by Crippen LogP contribution is -2.41. The summed E-state index contributed by atoms with van der Waals surface area (Å²) in [6, 6.07) is 12.0. The molecule has 1 aliphatic heterocycles. The van der Waals surface area contributed by atoms with Gasteiger partial charge in [0.05, 0.1) is 12.3 Å². The summed E-state index contributed by atoms with van der Waals surface area (Å²) in [5.74, 6) is 0.909. The van der Waals surface area contributed by atoms with Gasteiger partial charge in [-0.25, -0.2) is 4.79 Å². The van der Waals surface area contributed by atoms with Crippen molar-refractivity contribution in [3.63, 3.8) is 0 Å². The summed E-state index contributed by atoms with van der Waals surface area (Å²) in [5, 5.41) is 5.91. The molecule has 26 heavy (non-hydrogen) atoms. The van der Waals surface area contributed by atoms with E-state index >= 15 is 0 Å². The van der Waals surface area contributed by atoms with Crippen molar-refractivity contribution in [1.29, 1.82) is 0 Å². The Bertz CT molecular complexity index is 676. The van der Waals surface area contributed by atoms with Crippen molar-refractivity contribution >= 4 is 11.7 Å². The zero-order valence-corrected chi connectivity index (χ0v) is 15.6. The van der Waals surface area contributed by atoms with Gasteiger partial charge in [0.2, 0.25) is 0 Å². The van der Waals surface area contributed by atoms with Crippen LogP contribution in [0.1, 0.15) is 30.2 Å². The predicted molar refractivity (Wildman–Crippen MR) is 103 cm³/mol. The van der Waals surface area contributed by atoms with Crippen LogP contribution in [0, 0.1) is 0 Å². The van der Waals surface area contributed by atoms with E-state index in [-0.39, 0.29) is 12.1 Å². The summed E-state index contributed by atoms with van der Waals surface area (Å²) in [4.78, 5) is 16.6. The summed E-state index contributed by atoms with van der Waals surface area (Å²) in [5.41, 5.74) is 2.22. The van der Waals surface area contributed by atoms with Crippen molar-refractivity contribution in [1.82, 2.24) is 15.5 Å². The van der Waals surface area contributed by atoms with E-state index in [9.17, 15) is 4.79 Å². The Hall–Kier alpha value is -2.47. The van der Waals surface area contributed by atoms with Crippen LogP contribution in [0.25, 0.3) is 0 Å². The predicted octanol–water partition coefficient (Wildman–Crippen LogP) is 2.98. The van der Waals surface area contributed by atoms with Crippen molar-refractivity contribution in [2.45, 2.75) is 25.4 Å². The molecule has 0 radical (unpaired) electrons. The third-order valence-electron chi connectivity index (χ3n) is 4.81. The molecule has 1 aromatic carbocycles. The molecule has 1 aromatic heterocycles. The number of likely N-dealkylation sites (tertiary alicyclic amines) is 1. The average Bonchev–Trinajstić information content (AvgIpc) is 3.35. The Morgan fingerprint density at radius 2 is 1.88 bits per heavy atom. The van der Waals surface area contributed by atoms with Gasteiger partial charge in [-0.2, -0.15) is 0 Å². The Labute approximate surface area is 155 Å². The minimum atomic E-state index is -0.155. The Morgan fingerprint density at radius 1 is 1.15 bits per heavy atom. The van der Waals surface area contributed by atoms with Crippen molar-refractivity contribution in [3.8, 4) is 0 Å². The summed E-state index contributed by atoms with van der Waals surface area (Å²) >= 11 is 0. The van der Waals surface area contributed by atoms with Crippen LogP contribution in [-0.2, 0) is 6.54 Å². The van der Waals surface area contributed by atoms with Gasteiger partial charge in [-0.15, -0.1) is 0 Å². The summed E-state index contributed by atoms with van der Waals surface area (Å²) < 4.78 is 5.58. The highest BCUT2D eigenvalue weighted by molar-refractivity contribution is 5.73. The highest BCUT2D eigenvalue weighted by Gasteiger charge is 2.25. The standard InChI is InChI=1S/C20H28N4O2/c1-23(2)17-9-7-16(8-10-17)14-21-20(25)22-15-18(19-6-5-13-26-19)24-11-3-4-12-24/h5-10,13,18H,3-4,11-12,14-15H2,1-2H3,(H2,21,22,25). The number of urea groups is 1. The zero-order chi connectivity index (χ0) is 18.4. The number of rotatable bonds is 7. The molecule has 6 nitrogen and oxygen atoms in total. The molecule has 2 heterocycles. The molecule has 2 amide bonds. The third kappa shape index (κ3) is 4.79. The molecule has 1 aliphatic rings. The van der Waals surface area contributed by atoms with E-state index in [0.29, 0.717) is 13.1 Å². The van der Waals surface area contributed by atoms with Crippen molar-refractivity contribution in [2.75, 3.05) is 38.6 Å². The van der Waals surface area contributed by atoms with Crippen LogP contribution in [0.3, 0.4) is 0 Å². The molecular formula is C20H28N4O2. The molecule has 0 spiro atoms. The quantitative estimate of drug-likeness (QED) is 0.801. The highest BCUT2D eigenvalue weighted by atomic mass is 16.3. The van der Waals surface area contributed by atoms with E-state index < -0.39 is 0 Å². The molecule has 1 unspecified atom stereocenters. The average molecular weight is 356 g/mol. The molecule has 3 rings (SSSR count). The number of amides is 2. The minimum absolute atomic E-state index is 0.0950. The van der Waals surface area contributed by atoms with Gasteiger partial charge in [-0.1, -0.05) is 12.1 Å². The van der Waals surface area contributed by atoms with E-state index in [2.05, 4.69) is 32.6 Å². The van der Waals surface area contributed by atoms with Crippen LogP contribution in [0.5, 0.6) is 0 Å². The fraction of sp³-hybridized carbons (Fsp3) is 0.450. The molecule has 0 aliphatic carbocycles. The first-order chi connectivity index (χ1) is 12.6. The van der Waals surface area contributed by atoms with Gasteiger partial charge in [-0.3, -0.25) is 4.90 Å². The van der Waals surface area contributed by atoms with Gasteiger partial charge in [0.15, 0.2) is 0 Å². The molecule has 1 saturated heterocycles. The largest absolute Gasteiger partial charge is 0.468 e. The highest BCUT2D eigenvalue weighted by Crippen LogP contribution is 2.24. The van der Waals surface area contributed by atoms with Gasteiger partial charge in [-0.05, 0) is 55.8 Å². The van der Waals surface area contributed by atoms with E-state index in [1.54, 1.807) is 6.26 Å². The molecule has 6 heteroatoms. The lowest BCUT2D eigenvalue weighted by molar-refractivity contribution is 0.203. The number of carbonyl (C=O) groups is 1. The van der Waals surface area contributed by atoms with Crippen molar-refractivity contribution in [2.24, 2.45) is 0 Å². The second-order valence-corrected chi connectivity index (χ2v) is 6.90. The number of hydrogen-bond acceptors (Lipinski definition) is 4. The lowest BCUT2D eigenvalue weighted by atomic mass is 10.2. The first-order valence-corrected chi connectivity index (χ1v) is 9.19. The minimum Gasteiger partial charge on any atom is -0.468 e. The first kappa shape index (κ1) is 18.3. The Balaban J connectivity index is 1.49. The lowest BCUT2D eigenvalue weighted by Gasteiger charge is -2.26. The van der Waals surface area contributed by atoms with Crippen LogP contribution >= 0.6 is 0 Å². The number of benzene rings is 1. The summed E-state index contributed by atoms with van der Waals surface area (Å²) in [7, 11) is 4.02. The molecule has 2 N–H and O–H groups in total. The maximum Gasteiger partial charge on any atom is 0.315 e. The Morgan fingerprint density at radius 3 is 2.50 bits per heavy atom. The van der Waals surface area contributed by atoms with Crippen LogP contribution < -0.4 is 15.5 Å². The molecular weight excluding hydrogens is 328 g/mol. The van der Waals surface area contributed by atoms with E-state index in [0.717, 1.165) is 30.1 Å². The monoisotopic (exact) mass is 356 g/mol. The summed E-state index contributed by atoms with van der Waals surface area (Å²) in [6.07, 6.45) is 4.09. The van der Waals surface area contributed by atoms with E-state index in [1.807, 2.05) is 38.4 Å². The second-order valence-electron chi connectivity index (χ2n) is 6.90. The molecule has 0 saturated carbocycles. The Kier molecular flexibility index (Phi) is 6.17. The topological polar surface area (TPSA) is 60.8 Å². The van der Waals surface area contributed by atoms with Gasteiger partial charge < -0.3 is 20.0 Å². The maximum absolute atomic E-state index is 12.2. The first-order valence-electron chi connectivity index (χ1n) is 9.19. The number of hydrogen-bond donors (Lipinski definition) is 2. The number of carbonyl (C=O) groups excluding carboxylic acids is 1. The fourth-order valence-corrected chi connectivity index (χ4v) is 3.29. The molecule has 1 fully saturated rings. The van der Waals surface area contributed by atoms with Crippen LogP contribution in [0.2, 0.25) is 0 Å². The number of furan rings is 1. The van der Waals surface area contributed by atoms with Gasteiger partial charge >= 0.3 is 6.03 Å². The smallest absolute Gasteiger partial charge is 0.315 e. The van der Waals surface area contributed by atoms with E-state index in [1.165, 1.54) is 12.8 Å². The summed E-state index contributed by atoms with van der Waals surface area (Å²) in [6.45, 7) is 3.15. The fourth-order valence-electron chi connectivity index (χ4n) is 3.29. The normalized spacial score (nSPS) is 15.6. The SMILES string of the molecule is CN(C)c1ccc(CNC(=O)NCC(c2ccco2)N2CCCC2)cc1.